The number of aliphatic hydroxyl groups is 1. The highest BCUT2D eigenvalue weighted by molar-refractivity contribution is 6.17. The minimum atomic E-state index is -2.16. The number of alkyl halides is 1. The van der Waals surface area contributed by atoms with E-state index in [1.54, 1.807) is 54.6 Å². The standard InChI is InChI=1S/C18H19ClO4/c19-12-6-7-13-23-16-11-5-4-10-15(16)18(22,17(20)21)14-8-2-1-3-9-14/h1-5,8-11,22H,6-7,12-13H2,(H,20,21). The van der Waals surface area contributed by atoms with Crippen LogP contribution in [-0.4, -0.2) is 28.7 Å². The van der Waals surface area contributed by atoms with E-state index in [9.17, 15) is 15.0 Å². The average molecular weight is 335 g/mol. The topological polar surface area (TPSA) is 66.8 Å². The highest BCUT2D eigenvalue weighted by Gasteiger charge is 2.42. The molecule has 23 heavy (non-hydrogen) atoms. The van der Waals surface area contributed by atoms with Crippen molar-refractivity contribution < 1.29 is 19.7 Å². The number of ether oxygens (including phenoxy) is 1. The van der Waals surface area contributed by atoms with E-state index in [1.807, 2.05) is 0 Å². The van der Waals surface area contributed by atoms with Crippen molar-refractivity contribution in [1.82, 2.24) is 0 Å². The van der Waals surface area contributed by atoms with Gasteiger partial charge in [0.1, 0.15) is 5.75 Å². The summed E-state index contributed by atoms with van der Waals surface area (Å²) in [6, 6.07) is 15.0. The molecular formula is C18H19ClO4. The molecule has 0 aliphatic carbocycles. The maximum Gasteiger partial charge on any atom is 0.345 e. The predicted octanol–water partition coefficient (Wildman–Crippen LogP) is 3.40. The van der Waals surface area contributed by atoms with Crippen molar-refractivity contribution in [1.29, 1.82) is 0 Å². The number of benzene rings is 2. The lowest BCUT2D eigenvalue weighted by atomic mass is 9.86. The van der Waals surface area contributed by atoms with E-state index in [0.717, 1.165) is 12.8 Å². The molecule has 0 amide bonds. The second kappa shape index (κ2) is 7.99. The molecule has 0 radical (unpaired) electrons. The molecule has 0 bridgehead atoms. The molecule has 2 N–H and O–H groups in total. The Morgan fingerprint density at radius 2 is 1.70 bits per heavy atom. The van der Waals surface area contributed by atoms with E-state index in [1.165, 1.54) is 0 Å². The fourth-order valence-electron chi connectivity index (χ4n) is 2.34. The van der Waals surface area contributed by atoms with Crippen LogP contribution in [0.4, 0.5) is 0 Å². The van der Waals surface area contributed by atoms with Gasteiger partial charge in [0.2, 0.25) is 5.60 Å². The first-order valence-corrected chi connectivity index (χ1v) is 7.93. The summed E-state index contributed by atoms with van der Waals surface area (Å²) in [6.07, 6.45) is 1.57. The van der Waals surface area contributed by atoms with Gasteiger partial charge in [-0.3, -0.25) is 0 Å². The van der Waals surface area contributed by atoms with Gasteiger partial charge in [0.15, 0.2) is 0 Å². The van der Waals surface area contributed by atoms with Crippen molar-refractivity contribution in [3.8, 4) is 5.75 Å². The first-order valence-electron chi connectivity index (χ1n) is 7.40. The first-order chi connectivity index (χ1) is 11.1. The fourth-order valence-corrected chi connectivity index (χ4v) is 2.53. The van der Waals surface area contributed by atoms with Gasteiger partial charge in [0.25, 0.3) is 0 Å². The fraction of sp³-hybridized carbons (Fsp3) is 0.278. The molecule has 5 heteroatoms. The Bertz CT molecular complexity index is 644. The zero-order valence-electron chi connectivity index (χ0n) is 12.6. The zero-order valence-corrected chi connectivity index (χ0v) is 13.4. The molecule has 0 heterocycles. The van der Waals surface area contributed by atoms with Crippen molar-refractivity contribution in [3.05, 3.63) is 65.7 Å². The normalized spacial score (nSPS) is 13.3. The monoisotopic (exact) mass is 334 g/mol. The number of para-hydroxylation sites is 1. The highest BCUT2D eigenvalue weighted by atomic mass is 35.5. The molecule has 0 aliphatic heterocycles. The van der Waals surface area contributed by atoms with Gasteiger partial charge in [-0.05, 0) is 24.5 Å². The Kier molecular flexibility index (Phi) is 6.02. The van der Waals surface area contributed by atoms with Gasteiger partial charge in [0, 0.05) is 11.4 Å². The SMILES string of the molecule is O=C(O)C(O)(c1ccccc1)c1ccccc1OCCCCCl. The molecule has 0 fully saturated rings. The van der Waals surface area contributed by atoms with E-state index in [-0.39, 0.29) is 11.1 Å². The van der Waals surface area contributed by atoms with E-state index >= 15 is 0 Å². The third-order valence-electron chi connectivity index (χ3n) is 3.56. The van der Waals surface area contributed by atoms with E-state index < -0.39 is 11.6 Å². The summed E-state index contributed by atoms with van der Waals surface area (Å²) < 4.78 is 5.68. The molecule has 0 spiro atoms. The summed E-state index contributed by atoms with van der Waals surface area (Å²) in [5.41, 5.74) is -1.67. The second-order valence-electron chi connectivity index (χ2n) is 5.12. The van der Waals surface area contributed by atoms with Crippen LogP contribution >= 0.6 is 11.6 Å². The van der Waals surface area contributed by atoms with Crippen LogP contribution in [0, 0.1) is 0 Å². The second-order valence-corrected chi connectivity index (χ2v) is 5.50. The van der Waals surface area contributed by atoms with Crippen molar-refractivity contribution in [3.63, 3.8) is 0 Å². The number of aliphatic carboxylic acids is 1. The van der Waals surface area contributed by atoms with Crippen LogP contribution in [0.2, 0.25) is 0 Å². The number of rotatable bonds is 8. The van der Waals surface area contributed by atoms with Crippen molar-refractivity contribution in [2.45, 2.75) is 18.4 Å². The smallest absolute Gasteiger partial charge is 0.345 e. The van der Waals surface area contributed by atoms with Crippen LogP contribution in [0.25, 0.3) is 0 Å². The van der Waals surface area contributed by atoms with Crippen molar-refractivity contribution >= 4 is 17.6 Å². The van der Waals surface area contributed by atoms with Crippen LogP contribution in [0.5, 0.6) is 5.75 Å². The Morgan fingerprint density at radius 1 is 1.04 bits per heavy atom. The maximum atomic E-state index is 11.8. The van der Waals surface area contributed by atoms with Crippen LogP contribution < -0.4 is 4.74 Å². The predicted molar refractivity (Wildman–Crippen MR) is 89.0 cm³/mol. The average Bonchev–Trinajstić information content (AvgIpc) is 2.59. The van der Waals surface area contributed by atoms with E-state index in [0.29, 0.717) is 18.2 Å². The largest absolute Gasteiger partial charge is 0.493 e. The number of halogens is 1. The number of carboxylic acid groups (broad SMARTS) is 1. The van der Waals surface area contributed by atoms with Crippen LogP contribution in [0.3, 0.4) is 0 Å². The summed E-state index contributed by atoms with van der Waals surface area (Å²) in [5.74, 6) is -0.440. The van der Waals surface area contributed by atoms with E-state index in [4.69, 9.17) is 16.3 Å². The molecular weight excluding hydrogens is 316 g/mol. The minimum Gasteiger partial charge on any atom is -0.493 e. The number of carbonyl (C=O) groups is 1. The first kappa shape index (κ1) is 17.3. The summed E-state index contributed by atoms with van der Waals surface area (Å²) in [6.45, 7) is 0.411. The number of unbranched alkanes of at least 4 members (excludes halogenated alkanes) is 1. The van der Waals surface area contributed by atoms with Gasteiger partial charge >= 0.3 is 5.97 Å². The Labute approximate surface area is 140 Å². The third kappa shape index (κ3) is 3.84. The lowest BCUT2D eigenvalue weighted by molar-refractivity contribution is -0.155. The Balaban J connectivity index is 2.39. The highest BCUT2D eigenvalue weighted by Crippen LogP contribution is 2.36. The minimum absolute atomic E-state index is 0.213. The maximum absolute atomic E-state index is 11.8. The molecule has 2 aromatic rings. The molecule has 0 saturated carbocycles. The Hall–Kier alpha value is -2.04. The lowest BCUT2D eigenvalue weighted by Gasteiger charge is -2.26. The lowest BCUT2D eigenvalue weighted by Crippen LogP contribution is -2.37. The van der Waals surface area contributed by atoms with Crippen LogP contribution in [0.15, 0.2) is 54.6 Å². The van der Waals surface area contributed by atoms with Crippen LogP contribution in [-0.2, 0) is 10.4 Å². The van der Waals surface area contributed by atoms with E-state index in [2.05, 4.69) is 0 Å². The quantitative estimate of drug-likeness (QED) is 0.573. The molecule has 2 rings (SSSR count). The van der Waals surface area contributed by atoms with Gasteiger partial charge in [-0.25, -0.2) is 4.79 Å². The van der Waals surface area contributed by atoms with Gasteiger partial charge in [0.05, 0.1) is 6.61 Å². The summed E-state index contributed by atoms with van der Waals surface area (Å²) in [4.78, 5) is 11.8. The third-order valence-corrected chi connectivity index (χ3v) is 3.83. The summed E-state index contributed by atoms with van der Waals surface area (Å²) >= 11 is 5.64. The molecule has 4 nitrogen and oxygen atoms in total. The molecule has 1 atom stereocenters. The number of hydrogen-bond acceptors (Lipinski definition) is 3. The van der Waals surface area contributed by atoms with Crippen LogP contribution in [0.1, 0.15) is 24.0 Å². The van der Waals surface area contributed by atoms with Crippen molar-refractivity contribution in [2.24, 2.45) is 0 Å². The van der Waals surface area contributed by atoms with Gasteiger partial charge in [-0.2, -0.15) is 0 Å². The summed E-state index contributed by atoms with van der Waals surface area (Å²) in [5, 5.41) is 20.6. The summed E-state index contributed by atoms with van der Waals surface area (Å²) in [7, 11) is 0. The van der Waals surface area contributed by atoms with Gasteiger partial charge < -0.3 is 14.9 Å². The molecule has 122 valence electrons. The molecule has 2 aromatic carbocycles. The van der Waals surface area contributed by atoms with Crippen molar-refractivity contribution in [2.75, 3.05) is 12.5 Å². The Morgan fingerprint density at radius 3 is 2.35 bits per heavy atom. The van der Waals surface area contributed by atoms with Gasteiger partial charge in [-0.1, -0.05) is 48.5 Å². The van der Waals surface area contributed by atoms with Gasteiger partial charge in [-0.15, -0.1) is 11.6 Å². The number of carboxylic acids is 1. The number of hydrogen-bond donors (Lipinski definition) is 2. The molecule has 0 saturated heterocycles. The zero-order chi connectivity index (χ0) is 16.7. The molecule has 1 unspecified atom stereocenters. The molecule has 0 aromatic heterocycles. The molecule has 0 aliphatic rings.